The molecule has 0 spiro atoms. The van der Waals surface area contributed by atoms with Gasteiger partial charge in [-0.2, -0.15) is 0 Å². The van der Waals surface area contributed by atoms with E-state index in [4.69, 9.17) is 0 Å². The number of nitrogens with zero attached hydrogens (tertiary/aromatic N) is 1. The van der Waals surface area contributed by atoms with Crippen molar-refractivity contribution in [2.75, 3.05) is 27.8 Å². The number of amides is 4. The van der Waals surface area contributed by atoms with E-state index in [2.05, 4.69) is 22.0 Å². The number of fused-ring (bicyclic) bond motifs is 1. The van der Waals surface area contributed by atoms with E-state index < -0.39 is 0 Å². The molecule has 1 aliphatic heterocycles. The summed E-state index contributed by atoms with van der Waals surface area (Å²) in [7, 11) is 0. The molecule has 1 aliphatic carbocycles. The maximum atomic E-state index is 13.0. The maximum absolute atomic E-state index is 13.0. The van der Waals surface area contributed by atoms with Crippen molar-refractivity contribution < 1.29 is 14.4 Å². The number of urea groups is 1. The molecule has 178 valence electrons. The van der Waals surface area contributed by atoms with Gasteiger partial charge in [0.05, 0.1) is 11.3 Å². The summed E-state index contributed by atoms with van der Waals surface area (Å²) in [6.07, 6.45) is 2.92. The molecular weight excluding hydrogens is 460 g/mol. The third-order valence-electron chi connectivity index (χ3n) is 5.98. The number of anilines is 3. The molecule has 0 aromatic heterocycles. The third kappa shape index (κ3) is 5.66. The van der Waals surface area contributed by atoms with E-state index in [1.807, 2.05) is 41.3 Å². The van der Waals surface area contributed by atoms with Gasteiger partial charge in [-0.05, 0) is 67.3 Å². The first-order valence-corrected chi connectivity index (χ1v) is 12.6. The Hall–Kier alpha value is -3.78. The fourth-order valence-electron chi connectivity index (χ4n) is 4.01. The minimum absolute atomic E-state index is 0.0315. The van der Waals surface area contributed by atoms with Gasteiger partial charge in [0.15, 0.2) is 0 Å². The quantitative estimate of drug-likeness (QED) is 0.414. The summed E-state index contributed by atoms with van der Waals surface area (Å²) in [4.78, 5) is 40.3. The van der Waals surface area contributed by atoms with Gasteiger partial charge < -0.3 is 20.9 Å². The summed E-state index contributed by atoms with van der Waals surface area (Å²) in [5, 5.41) is 8.56. The van der Waals surface area contributed by atoms with Crippen LogP contribution in [0.2, 0.25) is 0 Å². The molecule has 4 amide bonds. The van der Waals surface area contributed by atoms with E-state index in [0.29, 0.717) is 23.5 Å². The fraction of sp³-hybridized carbons (Fsp3) is 0.222. The van der Waals surface area contributed by atoms with Crippen LogP contribution in [0.5, 0.6) is 0 Å². The van der Waals surface area contributed by atoms with Crippen LogP contribution < -0.4 is 20.9 Å². The van der Waals surface area contributed by atoms with Gasteiger partial charge in [0.25, 0.3) is 5.91 Å². The Morgan fingerprint density at radius 1 is 0.857 bits per heavy atom. The average molecular weight is 487 g/mol. The van der Waals surface area contributed by atoms with E-state index in [1.165, 1.54) is 17.3 Å². The zero-order valence-corrected chi connectivity index (χ0v) is 19.9. The Labute approximate surface area is 208 Å². The van der Waals surface area contributed by atoms with Crippen molar-refractivity contribution in [2.24, 2.45) is 0 Å². The highest BCUT2D eigenvalue weighted by atomic mass is 32.2. The first kappa shape index (κ1) is 23.0. The van der Waals surface area contributed by atoms with Crippen molar-refractivity contribution in [3.63, 3.8) is 0 Å². The van der Waals surface area contributed by atoms with Crippen LogP contribution >= 0.6 is 11.8 Å². The maximum Gasteiger partial charge on any atom is 0.319 e. The lowest BCUT2D eigenvalue weighted by Gasteiger charge is -2.17. The van der Waals surface area contributed by atoms with Crippen molar-refractivity contribution >= 4 is 46.7 Å². The van der Waals surface area contributed by atoms with Crippen LogP contribution in [0.15, 0.2) is 77.7 Å². The van der Waals surface area contributed by atoms with Crippen LogP contribution in [0.1, 0.15) is 28.8 Å². The van der Waals surface area contributed by atoms with Crippen LogP contribution in [0.4, 0.5) is 21.9 Å². The second-order valence-corrected chi connectivity index (χ2v) is 9.63. The Morgan fingerprint density at radius 2 is 1.54 bits per heavy atom. The Kier molecular flexibility index (Phi) is 6.72. The SMILES string of the molecule is O=C(Nc1ccc(NC(=O)c2ccccc2SCC(=O)N2CCc3ccccc32)cc1)NC1CC1. The number of carbonyl (C=O) groups excluding carboxylic acids is 3. The molecule has 3 aromatic rings. The minimum atomic E-state index is -0.251. The van der Waals surface area contributed by atoms with E-state index in [9.17, 15) is 14.4 Å². The number of nitrogens with one attached hydrogen (secondary N) is 3. The van der Waals surface area contributed by atoms with E-state index >= 15 is 0 Å². The Morgan fingerprint density at radius 3 is 2.31 bits per heavy atom. The highest BCUT2D eigenvalue weighted by Gasteiger charge is 2.25. The summed E-state index contributed by atoms with van der Waals surface area (Å²) in [5.41, 5.74) is 3.95. The van der Waals surface area contributed by atoms with Gasteiger partial charge in [0.2, 0.25) is 5.91 Å². The molecule has 0 atom stereocenters. The average Bonchev–Trinajstić information content (AvgIpc) is 3.58. The molecule has 5 rings (SSSR count). The molecule has 0 unspecified atom stereocenters. The number of thioether (sulfide) groups is 1. The van der Waals surface area contributed by atoms with E-state index in [-0.39, 0.29) is 29.6 Å². The molecule has 35 heavy (non-hydrogen) atoms. The van der Waals surface area contributed by atoms with Crippen LogP contribution in [0.3, 0.4) is 0 Å². The zero-order valence-electron chi connectivity index (χ0n) is 19.1. The molecule has 3 aromatic carbocycles. The summed E-state index contributed by atoms with van der Waals surface area (Å²) >= 11 is 1.37. The summed E-state index contributed by atoms with van der Waals surface area (Å²) in [6, 6.07) is 22.3. The van der Waals surface area contributed by atoms with Crippen LogP contribution in [0, 0.1) is 0 Å². The first-order valence-electron chi connectivity index (χ1n) is 11.7. The normalized spacial score (nSPS) is 14.2. The molecule has 0 bridgehead atoms. The smallest absolute Gasteiger partial charge is 0.319 e. The van der Waals surface area contributed by atoms with Gasteiger partial charge in [0, 0.05) is 34.5 Å². The monoisotopic (exact) mass is 486 g/mol. The van der Waals surface area contributed by atoms with Crippen LogP contribution in [-0.2, 0) is 11.2 Å². The highest BCUT2D eigenvalue weighted by Crippen LogP contribution is 2.30. The van der Waals surface area contributed by atoms with E-state index in [0.717, 1.165) is 29.8 Å². The van der Waals surface area contributed by atoms with Crippen molar-refractivity contribution in [1.29, 1.82) is 0 Å². The topological polar surface area (TPSA) is 90.5 Å². The lowest BCUT2D eigenvalue weighted by molar-refractivity contribution is -0.116. The number of benzene rings is 3. The zero-order chi connectivity index (χ0) is 24.2. The van der Waals surface area contributed by atoms with Crippen molar-refractivity contribution in [3.8, 4) is 0 Å². The molecule has 0 radical (unpaired) electrons. The summed E-state index contributed by atoms with van der Waals surface area (Å²) in [5.74, 6) is 0.0327. The van der Waals surface area contributed by atoms with Gasteiger partial charge in [-0.15, -0.1) is 11.8 Å². The molecule has 8 heteroatoms. The van der Waals surface area contributed by atoms with Gasteiger partial charge in [-0.25, -0.2) is 4.79 Å². The van der Waals surface area contributed by atoms with Gasteiger partial charge in [0.1, 0.15) is 0 Å². The van der Waals surface area contributed by atoms with Gasteiger partial charge in [-0.3, -0.25) is 9.59 Å². The number of hydrogen-bond acceptors (Lipinski definition) is 4. The molecule has 2 aliphatic rings. The predicted molar refractivity (Wildman–Crippen MR) is 139 cm³/mol. The summed E-state index contributed by atoms with van der Waals surface area (Å²) < 4.78 is 0. The highest BCUT2D eigenvalue weighted by molar-refractivity contribution is 8.00. The van der Waals surface area contributed by atoms with Gasteiger partial charge in [-0.1, -0.05) is 30.3 Å². The number of carbonyl (C=O) groups is 3. The second-order valence-electron chi connectivity index (χ2n) is 8.61. The van der Waals surface area contributed by atoms with Crippen LogP contribution in [-0.4, -0.2) is 36.2 Å². The predicted octanol–water partition coefficient (Wildman–Crippen LogP) is 4.90. The Bertz CT molecular complexity index is 1260. The van der Waals surface area contributed by atoms with Crippen molar-refractivity contribution in [1.82, 2.24) is 5.32 Å². The lowest BCUT2D eigenvalue weighted by atomic mass is 10.2. The third-order valence-corrected chi connectivity index (χ3v) is 7.04. The van der Waals surface area contributed by atoms with Gasteiger partial charge >= 0.3 is 6.03 Å². The number of hydrogen-bond donors (Lipinski definition) is 3. The Balaban J connectivity index is 1.19. The minimum Gasteiger partial charge on any atom is -0.335 e. The molecule has 7 nitrogen and oxygen atoms in total. The van der Waals surface area contributed by atoms with Crippen molar-refractivity contribution in [2.45, 2.75) is 30.2 Å². The number of rotatable bonds is 7. The van der Waals surface area contributed by atoms with Crippen LogP contribution in [0.25, 0.3) is 0 Å². The van der Waals surface area contributed by atoms with E-state index in [1.54, 1.807) is 30.3 Å². The molecule has 0 saturated heterocycles. The first-order chi connectivity index (χ1) is 17.1. The molecular formula is C27H26N4O3S. The number of para-hydroxylation sites is 1. The molecule has 1 heterocycles. The van der Waals surface area contributed by atoms with Crippen molar-refractivity contribution in [3.05, 3.63) is 83.9 Å². The second kappa shape index (κ2) is 10.2. The molecule has 1 fully saturated rings. The molecule has 1 saturated carbocycles. The lowest BCUT2D eigenvalue weighted by Crippen LogP contribution is -2.30. The molecule has 3 N–H and O–H groups in total. The summed E-state index contributed by atoms with van der Waals surface area (Å²) in [6.45, 7) is 0.688. The largest absolute Gasteiger partial charge is 0.335 e. The standard InChI is InChI=1S/C27H26N4O3S/c32-25(31-16-15-18-5-1-3-7-23(18)31)17-35-24-8-4-2-6-22(24)26(33)28-19-9-11-20(12-10-19)29-27(34)30-21-13-14-21/h1-12,21H,13-17H2,(H,28,33)(H2,29,30,34). The fourth-order valence-corrected chi connectivity index (χ4v) is 4.94.